The fourth-order valence-corrected chi connectivity index (χ4v) is 3.01. The average molecular weight is 342 g/mol. The van der Waals surface area contributed by atoms with Gasteiger partial charge in [-0.05, 0) is 49.9 Å². The number of nitrogens with zero attached hydrogens (tertiary/aromatic N) is 3. The summed E-state index contributed by atoms with van der Waals surface area (Å²) in [6, 6.07) is 5.96. The van der Waals surface area contributed by atoms with Crippen LogP contribution in [0.15, 0.2) is 18.2 Å². The number of benzene rings is 1. The van der Waals surface area contributed by atoms with Crippen molar-refractivity contribution in [3.63, 3.8) is 0 Å². The maximum absolute atomic E-state index is 12.0. The molecular formula is C19H26N4O2. The van der Waals surface area contributed by atoms with Gasteiger partial charge in [-0.2, -0.15) is 0 Å². The van der Waals surface area contributed by atoms with Gasteiger partial charge < -0.3 is 14.6 Å². The van der Waals surface area contributed by atoms with E-state index in [4.69, 9.17) is 4.74 Å². The van der Waals surface area contributed by atoms with Crippen molar-refractivity contribution in [2.24, 2.45) is 0 Å². The largest absolute Gasteiger partial charge is 0.493 e. The van der Waals surface area contributed by atoms with Gasteiger partial charge in [0.2, 0.25) is 5.91 Å². The quantitative estimate of drug-likeness (QED) is 0.876. The first kappa shape index (κ1) is 17.5. The number of rotatable bonds is 6. The molecule has 134 valence electrons. The minimum absolute atomic E-state index is 0.0326. The summed E-state index contributed by atoms with van der Waals surface area (Å²) in [7, 11) is 0. The number of nitrogens with one attached hydrogen (secondary N) is 1. The molecule has 2 aromatic rings. The Labute approximate surface area is 148 Å². The summed E-state index contributed by atoms with van der Waals surface area (Å²) in [6.45, 7) is 5.86. The van der Waals surface area contributed by atoms with E-state index in [2.05, 4.69) is 33.9 Å². The van der Waals surface area contributed by atoms with Crippen molar-refractivity contribution in [1.82, 2.24) is 20.1 Å². The van der Waals surface area contributed by atoms with Crippen molar-refractivity contribution >= 4 is 5.91 Å². The highest BCUT2D eigenvalue weighted by Gasteiger charge is 2.15. The Balaban J connectivity index is 1.44. The molecule has 25 heavy (non-hydrogen) atoms. The second-order valence-electron chi connectivity index (χ2n) is 6.62. The van der Waals surface area contributed by atoms with Gasteiger partial charge in [-0.3, -0.25) is 4.79 Å². The maximum atomic E-state index is 12.0. The zero-order valence-electron chi connectivity index (χ0n) is 15.0. The highest BCUT2D eigenvalue weighted by atomic mass is 16.5. The van der Waals surface area contributed by atoms with Crippen LogP contribution >= 0.6 is 0 Å². The summed E-state index contributed by atoms with van der Waals surface area (Å²) in [5, 5.41) is 11.4. The molecule has 0 bridgehead atoms. The van der Waals surface area contributed by atoms with E-state index in [0.29, 0.717) is 19.6 Å². The Hall–Kier alpha value is -2.37. The van der Waals surface area contributed by atoms with Gasteiger partial charge in [0.25, 0.3) is 0 Å². The predicted octanol–water partition coefficient (Wildman–Crippen LogP) is 2.71. The first-order valence-corrected chi connectivity index (χ1v) is 9.01. The highest BCUT2D eigenvalue weighted by Crippen LogP contribution is 2.16. The van der Waals surface area contributed by atoms with Crippen molar-refractivity contribution < 1.29 is 9.53 Å². The molecule has 0 radical (unpaired) electrons. The molecule has 1 aliphatic rings. The molecule has 1 amide bonds. The second kappa shape index (κ2) is 8.14. The second-order valence-corrected chi connectivity index (χ2v) is 6.62. The lowest BCUT2D eigenvalue weighted by Gasteiger charge is -2.10. The van der Waals surface area contributed by atoms with E-state index in [1.54, 1.807) is 0 Å². The minimum Gasteiger partial charge on any atom is -0.493 e. The van der Waals surface area contributed by atoms with Crippen LogP contribution in [0.5, 0.6) is 5.75 Å². The molecule has 0 fully saturated rings. The molecule has 1 aliphatic heterocycles. The first-order valence-electron chi connectivity index (χ1n) is 9.01. The van der Waals surface area contributed by atoms with Gasteiger partial charge in [0, 0.05) is 13.0 Å². The number of hydrogen-bond acceptors (Lipinski definition) is 4. The van der Waals surface area contributed by atoms with Gasteiger partial charge in [-0.1, -0.05) is 12.5 Å². The normalized spacial score (nSPS) is 13.8. The van der Waals surface area contributed by atoms with E-state index >= 15 is 0 Å². The summed E-state index contributed by atoms with van der Waals surface area (Å²) < 4.78 is 7.81. The van der Waals surface area contributed by atoms with Crippen LogP contribution in [0.3, 0.4) is 0 Å². The number of aromatic nitrogens is 3. The molecule has 6 nitrogen and oxygen atoms in total. The highest BCUT2D eigenvalue weighted by molar-refractivity contribution is 5.75. The van der Waals surface area contributed by atoms with E-state index in [9.17, 15) is 4.79 Å². The van der Waals surface area contributed by atoms with Gasteiger partial charge in [-0.15, -0.1) is 10.2 Å². The number of amides is 1. The van der Waals surface area contributed by atoms with E-state index in [-0.39, 0.29) is 5.91 Å². The molecule has 0 saturated heterocycles. The summed E-state index contributed by atoms with van der Waals surface area (Å²) in [4.78, 5) is 12.0. The molecule has 0 spiro atoms. The van der Waals surface area contributed by atoms with E-state index in [0.717, 1.165) is 36.8 Å². The monoisotopic (exact) mass is 342 g/mol. The minimum atomic E-state index is -0.0326. The van der Waals surface area contributed by atoms with E-state index < -0.39 is 0 Å². The average Bonchev–Trinajstić information content (AvgIpc) is 2.83. The molecule has 3 rings (SSSR count). The van der Waals surface area contributed by atoms with Gasteiger partial charge in [0.15, 0.2) is 5.82 Å². The Morgan fingerprint density at radius 2 is 2.08 bits per heavy atom. The van der Waals surface area contributed by atoms with Gasteiger partial charge >= 0.3 is 0 Å². The van der Waals surface area contributed by atoms with Crippen LogP contribution in [0, 0.1) is 13.8 Å². The smallest absolute Gasteiger partial charge is 0.223 e. The number of ether oxygens (including phenoxy) is 1. The number of aryl methyl sites for hydroxylation is 3. The fraction of sp³-hybridized carbons (Fsp3) is 0.526. The number of fused-ring (bicyclic) bond motifs is 1. The van der Waals surface area contributed by atoms with Crippen LogP contribution in [-0.2, 0) is 24.3 Å². The summed E-state index contributed by atoms with van der Waals surface area (Å²) in [5.41, 5.74) is 2.42. The Kier molecular flexibility index (Phi) is 5.68. The van der Waals surface area contributed by atoms with E-state index in [1.807, 2.05) is 18.2 Å². The molecule has 1 N–H and O–H groups in total. The molecule has 0 aliphatic carbocycles. The molecule has 0 atom stereocenters. The lowest BCUT2D eigenvalue weighted by molar-refractivity contribution is -0.121. The molecule has 0 unspecified atom stereocenters. The zero-order chi connectivity index (χ0) is 17.6. The Bertz CT molecular complexity index is 739. The topological polar surface area (TPSA) is 69.0 Å². The number of hydrogen-bond donors (Lipinski definition) is 1. The lowest BCUT2D eigenvalue weighted by atomic mass is 10.1. The van der Waals surface area contributed by atoms with Crippen LogP contribution in [0.2, 0.25) is 0 Å². The summed E-state index contributed by atoms with van der Waals surface area (Å²) in [5.74, 6) is 2.66. The van der Waals surface area contributed by atoms with E-state index in [1.165, 1.54) is 24.0 Å². The van der Waals surface area contributed by atoms with Crippen LogP contribution in [0.1, 0.15) is 48.5 Å². The molecule has 1 aromatic carbocycles. The molecule has 0 saturated carbocycles. The predicted molar refractivity (Wildman–Crippen MR) is 95.5 cm³/mol. The summed E-state index contributed by atoms with van der Waals surface area (Å²) >= 11 is 0. The lowest BCUT2D eigenvalue weighted by Crippen LogP contribution is -2.26. The Morgan fingerprint density at radius 1 is 1.20 bits per heavy atom. The third-order valence-electron chi connectivity index (χ3n) is 4.71. The number of carbonyl (C=O) groups is 1. The zero-order valence-corrected chi connectivity index (χ0v) is 15.0. The van der Waals surface area contributed by atoms with Crippen molar-refractivity contribution in [1.29, 1.82) is 0 Å². The Morgan fingerprint density at radius 3 is 2.92 bits per heavy atom. The molecular weight excluding hydrogens is 316 g/mol. The van der Waals surface area contributed by atoms with Crippen LogP contribution in [-0.4, -0.2) is 27.3 Å². The van der Waals surface area contributed by atoms with Gasteiger partial charge in [0.05, 0.1) is 19.6 Å². The maximum Gasteiger partial charge on any atom is 0.223 e. The van der Waals surface area contributed by atoms with Crippen LogP contribution in [0.25, 0.3) is 0 Å². The van der Waals surface area contributed by atoms with Crippen molar-refractivity contribution in [2.75, 3.05) is 6.61 Å². The van der Waals surface area contributed by atoms with Crippen LogP contribution in [0.4, 0.5) is 0 Å². The van der Waals surface area contributed by atoms with Crippen molar-refractivity contribution in [2.45, 2.75) is 59.0 Å². The summed E-state index contributed by atoms with van der Waals surface area (Å²) in [6.07, 6.45) is 4.85. The standard InChI is InChI=1S/C19H26N4O2/c1-14-7-8-16(12-15(14)2)25-11-9-19(24)20-13-18-22-21-17-6-4-3-5-10-23(17)18/h7-8,12H,3-6,9-11,13H2,1-2H3,(H,20,24). The van der Waals surface area contributed by atoms with Crippen molar-refractivity contribution in [3.05, 3.63) is 41.0 Å². The molecule has 6 heteroatoms. The number of carbonyl (C=O) groups excluding carboxylic acids is 1. The molecule has 1 aromatic heterocycles. The van der Waals surface area contributed by atoms with Crippen LogP contribution < -0.4 is 10.1 Å². The fourth-order valence-electron chi connectivity index (χ4n) is 3.01. The van der Waals surface area contributed by atoms with Crippen molar-refractivity contribution in [3.8, 4) is 5.75 Å². The first-order chi connectivity index (χ1) is 12.1. The third kappa shape index (κ3) is 4.59. The van der Waals surface area contributed by atoms with Gasteiger partial charge in [-0.25, -0.2) is 0 Å². The molecule has 2 heterocycles. The third-order valence-corrected chi connectivity index (χ3v) is 4.71. The SMILES string of the molecule is Cc1ccc(OCCC(=O)NCc2nnc3n2CCCCC3)cc1C. The van der Waals surface area contributed by atoms with Gasteiger partial charge in [0.1, 0.15) is 11.6 Å².